The zero-order chi connectivity index (χ0) is 13.4. The Morgan fingerprint density at radius 1 is 1.56 bits per heavy atom. The van der Waals surface area contributed by atoms with Crippen LogP contribution in [0.3, 0.4) is 0 Å². The lowest BCUT2D eigenvalue weighted by molar-refractivity contribution is -0.0492. The van der Waals surface area contributed by atoms with Crippen molar-refractivity contribution >= 4 is 0 Å². The topological polar surface area (TPSA) is 105 Å². The van der Waals surface area contributed by atoms with Crippen LogP contribution in [-0.4, -0.2) is 44.8 Å². The minimum Gasteiger partial charge on any atom is -0.394 e. The maximum atomic E-state index is 13.8. The molecule has 0 amide bonds. The van der Waals surface area contributed by atoms with Crippen molar-refractivity contribution in [2.75, 3.05) is 6.61 Å². The molecule has 8 heteroatoms. The van der Waals surface area contributed by atoms with Gasteiger partial charge in [0.2, 0.25) is 0 Å². The molecule has 1 aromatic rings. The van der Waals surface area contributed by atoms with E-state index >= 15 is 0 Å². The van der Waals surface area contributed by atoms with Crippen LogP contribution in [-0.2, 0) is 4.74 Å². The number of aromatic amines is 1. The number of hydrogen-bond donors (Lipinski definition) is 3. The number of alkyl halides is 1. The molecule has 1 aromatic heterocycles. The number of halogens is 1. The van der Waals surface area contributed by atoms with Gasteiger partial charge in [0.05, 0.1) is 6.61 Å². The van der Waals surface area contributed by atoms with E-state index in [1.54, 1.807) is 0 Å². The second kappa shape index (κ2) is 4.63. The second-order valence-electron chi connectivity index (χ2n) is 4.16. The number of aryl methyl sites for hydroxylation is 1. The quantitative estimate of drug-likeness (QED) is 0.558. The number of rotatable bonds is 2. The lowest BCUT2D eigenvalue weighted by atomic mass is 10.1. The van der Waals surface area contributed by atoms with Gasteiger partial charge in [-0.05, 0) is 6.92 Å². The molecule has 0 radical (unpaired) electrons. The average Bonchev–Trinajstić information content (AvgIpc) is 2.61. The maximum absolute atomic E-state index is 13.8. The summed E-state index contributed by atoms with van der Waals surface area (Å²) in [6, 6.07) is 0. The number of aliphatic hydroxyl groups excluding tert-OH is 2. The van der Waals surface area contributed by atoms with Crippen LogP contribution in [0.25, 0.3) is 0 Å². The first-order valence-electron chi connectivity index (χ1n) is 5.36. The summed E-state index contributed by atoms with van der Waals surface area (Å²) in [6.07, 6.45) is -4.67. The van der Waals surface area contributed by atoms with Crippen LogP contribution < -0.4 is 11.2 Å². The first-order valence-corrected chi connectivity index (χ1v) is 5.36. The van der Waals surface area contributed by atoms with Crippen molar-refractivity contribution in [1.29, 1.82) is 0 Å². The smallest absolute Gasteiger partial charge is 0.330 e. The van der Waals surface area contributed by atoms with Gasteiger partial charge in [0, 0.05) is 11.8 Å². The van der Waals surface area contributed by atoms with Crippen LogP contribution in [0.4, 0.5) is 4.39 Å². The predicted octanol–water partition coefficient (Wildman–Crippen LogP) is -1.57. The molecule has 0 bridgehead atoms. The number of nitrogens with zero attached hydrogens (tertiary/aromatic N) is 1. The minimum absolute atomic E-state index is 0.215. The fraction of sp³-hybridized carbons (Fsp3) is 0.600. The SMILES string of the molecule is [13CH3]c1cn([C@@H]2O[C@H](CO)[C@@H](O)[C@@H]2F)c(=O)[nH]c1=O. The lowest BCUT2D eigenvalue weighted by Crippen LogP contribution is -2.36. The lowest BCUT2D eigenvalue weighted by Gasteiger charge is -2.15. The van der Waals surface area contributed by atoms with Crippen molar-refractivity contribution in [3.8, 4) is 0 Å². The molecule has 18 heavy (non-hydrogen) atoms. The van der Waals surface area contributed by atoms with Gasteiger partial charge >= 0.3 is 5.69 Å². The first-order chi connectivity index (χ1) is 8.45. The molecule has 2 heterocycles. The molecule has 7 nitrogen and oxygen atoms in total. The number of aromatic nitrogens is 2. The normalized spacial score (nSPS) is 31.8. The Balaban J connectivity index is 2.42. The molecule has 4 atom stereocenters. The molecule has 0 aliphatic carbocycles. The molecular weight excluding hydrogens is 248 g/mol. The highest BCUT2D eigenvalue weighted by molar-refractivity contribution is 5.03. The Labute approximate surface area is 100 Å². The summed E-state index contributed by atoms with van der Waals surface area (Å²) in [7, 11) is 0. The molecule has 0 saturated carbocycles. The number of aliphatic hydroxyl groups is 2. The Morgan fingerprint density at radius 2 is 2.22 bits per heavy atom. The van der Waals surface area contributed by atoms with E-state index in [0.29, 0.717) is 0 Å². The predicted molar refractivity (Wildman–Crippen MR) is 58.0 cm³/mol. The van der Waals surface area contributed by atoms with E-state index in [4.69, 9.17) is 9.84 Å². The second-order valence-corrected chi connectivity index (χ2v) is 4.16. The van der Waals surface area contributed by atoms with Gasteiger partial charge in [0.15, 0.2) is 12.4 Å². The summed E-state index contributed by atoms with van der Waals surface area (Å²) in [5.74, 6) is 0. The monoisotopic (exact) mass is 261 g/mol. The number of hydrogen-bond acceptors (Lipinski definition) is 5. The first kappa shape index (κ1) is 12.9. The van der Waals surface area contributed by atoms with Gasteiger partial charge in [-0.25, -0.2) is 9.18 Å². The number of nitrogens with one attached hydrogen (secondary N) is 1. The van der Waals surface area contributed by atoms with Gasteiger partial charge in [-0.15, -0.1) is 0 Å². The third-order valence-corrected chi connectivity index (χ3v) is 2.89. The summed E-state index contributed by atoms with van der Waals surface area (Å²) < 4.78 is 19.7. The highest BCUT2D eigenvalue weighted by Gasteiger charge is 2.45. The maximum Gasteiger partial charge on any atom is 0.330 e. The zero-order valence-corrected chi connectivity index (χ0v) is 9.54. The third kappa shape index (κ3) is 1.98. The molecule has 100 valence electrons. The van der Waals surface area contributed by atoms with Gasteiger partial charge in [-0.1, -0.05) is 0 Å². The van der Waals surface area contributed by atoms with Crippen LogP contribution in [0.5, 0.6) is 0 Å². The molecule has 1 saturated heterocycles. The van der Waals surface area contributed by atoms with Gasteiger partial charge in [-0.3, -0.25) is 14.3 Å². The van der Waals surface area contributed by atoms with E-state index in [0.717, 1.165) is 10.8 Å². The molecule has 0 unspecified atom stereocenters. The summed E-state index contributed by atoms with van der Waals surface area (Å²) >= 11 is 0. The van der Waals surface area contributed by atoms with Crippen LogP contribution >= 0.6 is 0 Å². The fourth-order valence-corrected chi connectivity index (χ4v) is 1.85. The number of H-pyrrole nitrogens is 1. The molecule has 1 aliphatic rings. The van der Waals surface area contributed by atoms with E-state index in [1.165, 1.54) is 6.92 Å². The van der Waals surface area contributed by atoms with Crippen molar-refractivity contribution in [1.82, 2.24) is 9.55 Å². The Hall–Kier alpha value is -1.51. The molecular formula is C10H13FN2O5. The van der Waals surface area contributed by atoms with Crippen LogP contribution in [0, 0.1) is 6.92 Å². The third-order valence-electron chi connectivity index (χ3n) is 2.89. The largest absolute Gasteiger partial charge is 0.394 e. The highest BCUT2D eigenvalue weighted by Crippen LogP contribution is 2.30. The van der Waals surface area contributed by atoms with Crippen molar-refractivity contribution in [2.45, 2.75) is 31.5 Å². The van der Waals surface area contributed by atoms with Gasteiger partial charge in [0.1, 0.15) is 12.2 Å². The van der Waals surface area contributed by atoms with E-state index in [9.17, 15) is 19.1 Å². The zero-order valence-electron chi connectivity index (χ0n) is 9.54. The van der Waals surface area contributed by atoms with E-state index in [1.807, 2.05) is 4.98 Å². The fourth-order valence-electron chi connectivity index (χ4n) is 1.85. The van der Waals surface area contributed by atoms with Crippen LogP contribution in [0.1, 0.15) is 11.8 Å². The standard InChI is InChI=1S/C10H13FN2O5/c1-4-2-13(10(17)12-8(4)16)9-6(11)7(15)5(3-14)18-9/h2,5-7,9,14-15H,3H2,1H3,(H,12,16,17)/t5-,6+,7-,9-/m1/s1/i1+1. The number of ether oxygens (including phenoxy) is 1. The Kier molecular flexibility index (Phi) is 3.33. The highest BCUT2D eigenvalue weighted by atomic mass is 19.1. The van der Waals surface area contributed by atoms with Gasteiger partial charge in [0.25, 0.3) is 5.56 Å². The summed E-state index contributed by atoms with van der Waals surface area (Å²) in [5, 5.41) is 18.3. The van der Waals surface area contributed by atoms with Gasteiger partial charge in [-0.2, -0.15) is 0 Å². The van der Waals surface area contributed by atoms with Crippen molar-refractivity contribution in [3.63, 3.8) is 0 Å². The minimum atomic E-state index is -1.86. The molecule has 3 N–H and O–H groups in total. The Bertz CT molecular complexity index is 554. The van der Waals surface area contributed by atoms with E-state index < -0.39 is 42.5 Å². The van der Waals surface area contributed by atoms with Crippen molar-refractivity contribution in [2.24, 2.45) is 0 Å². The average molecular weight is 261 g/mol. The molecule has 1 fully saturated rings. The van der Waals surface area contributed by atoms with E-state index in [-0.39, 0.29) is 5.56 Å². The van der Waals surface area contributed by atoms with Gasteiger partial charge < -0.3 is 14.9 Å². The van der Waals surface area contributed by atoms with Crippen molar-refractivity contribution < 1.29 is 19.3 Å². The van der Waals surface area contributed by atoms with Crippen LogP contribution in [0.15, 0.2) is 15.8 Å². The molecule has 0 aromatic carbocycles. The molecule has 0 spiro atoms. The Morgan fingerprint density at radius 3 is 2.78 bits per heavy atom. The van der Waals surface area contributed by atoms with Crippen molar-refractivity contribution in [3.05, 3.63) is 32.6 Å². The van der Waals surface area contributed by atoms with Crippen LogP contribution in [0.2, 0.25) is 0 Å². The van der Waals surface area contributed by atoms with E-state index in [2.05, 4.69) is 0 Å². The molecule has 2 rings (SSSR count). The summed E-state index contributed by atoms with van der Waals surface area (Å²) in [6.45, 7) is 0.895. The summed E-state index contributed by atoms with van der Waals surface area (Å²) in [4.78, 5) is 24.7. The molecule has 1 aliphatic heterocycles. The summed E-state index contributed by atoms with van der Waals surface area (Å²) in [5.41, 5.74) is -1.18.